The Bertz CT molecular complexity index is 1070. The van der Waals surface area contributed by atoms with E-state index >= 15 is 0 Å². The number of hydrogen-bond acceptors (Lipinski definition) is 6. The molecule has 0 unspecified atom stereocenters. The van der Waals surface area contributed by atoms with Crippen molar-refractivity contribution >= 4 is 40.4 Å². The van der Waals surface area contributed by atoms with Crippen LogP contribution in [-0.4, -0.2) is 31.0 Å². The average molecular weight is 432 g/mol. The van der Waals surface area contributed by atoms with Crippen molar-refractivity contribution in [2.45, 2.75) is 6.42 Å². The minimum absolute atomic E-state index is 0.0962. The van der Waals surface area contributed by atoms with Crippen molar-refractivity contribution in [3.8, 4) is 22.1 Å². The highest BCUT2D eigenvalue weighted by molar-refractivity contribution is 7.13. The number of hydrogen-bond donors (Lipinski definition) is 2. The van der Waals surface area contributed by atoms with Gasteiger partial charge in [-0.3, -0.25) is 9.59 Å². The van der Waals surface area contributed by atoms with Crippen LogP contribution in [0.1, 0.15) is 16.1 Å². The van der Waals surface area contributed by atoms with E-state index in [2.05, 4.69) is 10.3 Å². The number of anilines is 1. The van der Waals surface area contributed by atoms with Crippen molar-refractivity contribution < 1.29 is 19.1 Å². The molecule has 0 fully saturated rings. The van der Waals surface area contributed by atoms with E-state index in [9.17, 15) is 9.59 Å². The van der Waals surface area contributed by atoms with Crippen LogP contribution in [0.4, 0.5) is 5.69 Å². The van der Waals surface area contributed by atoms with Crippen molar-refractivity contribution in [1.29, 1.82) is 0 Å². The highest BCUT2D eigenvalue weighted by atomic mass is 35.5. The van der Waals surface area contributed by atoms with E-state index in [1.54, 1.807) is 26.4 Å². The number of nitrogens with two attached hydrogens (primary N) is 1. The van der Waals surface area contributed by atoms with Gasteiger partial charge >= 0.3 is 0 Å². The molecule has 0 spiro atoms. The fourth-order valence-corrected chi connectivity index (χ4v) is 3.74. The van der Waals surface area contributed by atoms with Crippen LogP contribution in [0.25, 0.3) is 10.6 Å². The van der Waals surface area contributed by atoms with E-state index in [0.29, 0.717) is 22.9 Å². The Morgan fingerprint density at radius 1 is 1.14 bits per heavy atom. The van der Waals surface area contributed by atoms with E-state index in [-0.39, 0.29) is 22.9 Å². The summed E-state index contributed by atoms with van der Waals surface area (Å²) in [5, 5.41) is 5.51. The van der Waals surface area contributed by atoms with Gasteiger partial charge in [0.05, 0.1) is 36.9 Å². The minimum atomic E-state index is -0.627. The molecule has 3 N–H and O–H groups in total. The van der Waals surface area contributed by atoms with Crippen molar-refractivity contribution in [2.75, 3.05) is 19.5 Å². The molecule has 0 saturated heterocycles. The van der Waals surface area contributed by atoms with Crippen molar-refractivity contribution in [2.24, 2.45) is 5.73 Å². The van der Waals surface area contributed by atoms with Gasteiger partial charge in [-0.15, -0.1) is 11.3 Å². The number of nitrogens with one attached hydrogen (secondary N) is 1. The van der Waals surface area contributed by atoms with Gasteiger partial charge in [-0.1, -0.05) is 11.6 Å². The number of nitrogens with zero attached hydrogens (tertiary/aromatic N) is 1. The number of carbonyl (C=O) groups is 2. The first kappa shape index (κ1) is 20.6. The molecule has 3 aromatic rings. The number of benzene rings is 2. The Labute approximate surface area is 176 Å². The molecular weight excluding hydrogens is 414 g/mol. The van der Waals surface area contributed by atoms with Crippen molar-refractivity contribution in [1.82, 2.24) is 4.98 Å². The summed E-state index contributed by atoms with van der Waals surface area (Å²) in [6.45, 7) is 0. The molecule has 7 nitrogen and oxygen atoms in total. The van der Waals surface area contributed by atoms with E-state index in [4.69, 9.17) is 26.8 Å². The largest absolute Gasteiger partial charge is 0.493 e. The van der Waals surface area contributed by atoms with Crippen molar-refractivity contribution in [3.05, 3.63) is 58.1 Å². The normalized spacial score (nSPS) is 10.4. The molecule has 1 heterocycles. The van der Waals surface area contributed by atoms with Gasteiger partial charge in [0.1, 0.15) is 5.01 Å². The fraction of sp³-hybridized carbons (Fsp3) is 0.150. The van der Waals surface area contributed by atoms with Crippen LogP contribution in [0, 0.1) is 0 Å². The lowest BCUT2D eigenvalue weighted by Crippen LogP contribution is -2.15. The first-order valence-corrected chi connectivity index (χ1v) is 9.73. The molecule has 0 atom stereocenters. The quantitative estimate of drug-likeness (QED) is 0.592. The molecule has 0 aliphatic carbocycles. The zero-order chi connectivity index (χ0) is 21.0. The van der Waals surface area contributed by atoms with Gasteiger partial charge in [0.2, 0.25) is 11.8 Å². The lowest BCUT2D eigenvalue weighted by molar-refractivity contribution is -0.115. The van der Waals surface area contributed by atoms with Crippen LogP contribution in [0.15, 0.2) is 41.8 Å². The predicted molar refractivity (Wildman–Crippen MR) is 113 cm³/mol. The van der Waals surface area contributed by atoms with Gasteiger partial charge in [0, 0.05) is 16.6 Å². The van der Waals surface area contributed by atoms with Crippen molar-refractivity contribution in [3.63, 3.8) is 0 Å². The second kappa shape index (κ2) is 8.93. The predicted octanol–water partition coefficient (Wildman–Crippen LogP) is 3.76. The number of aromatic nitrogens is 1. The summed E-state index contributed by atoms with van der Waals surface area (Å²) in [6, 6.07) is 10.0. The smallest absolute Gasteiger partial charge is 0.250 e. The van der Waals surface area contributed by atoms with Gasteiger partial charge in [-0.05, 0) is 36.4 Å². The Kier molecular flexibility index (Phi) is 6.36. The third kappa shape index (κ3) is 4.85. The Hall–Kier alpha value is -3.10. The highest BCUT2D eigenvalue weighted by Gasteiger charge is 2.13. The van der Waals surface area contributed by atoms with Crippen LogP contribution < -0.4 is 20.5 Å². The summed E-state index contributed by atoms with van der Waals surface area (Å²) in [5.74, 6) is 0.360. The van der Waals surface area contributed by atoms with E-state index in [1.807, 2.05) is 17.5 Å². The fourth-order valence-electron chi connectivity index (χ4n) is 2.65. The second-order valence-corrected chi connectivity index (χ2v) is 7.26. The van der Waals surface area contributed by atoms with Gasteiger partial charge in [0.15, 0.2) is 11.5 Å². The monoisotopic (exact) mass is 431 g/mol. The number of thiazole rings is 1. The molecule has 2 amide bonds. The Balaban J connectivity index is 1.69. The molecule has 3 rings (SSSR count). The molecule has 0 saturated carbocycles. The summed E-state index contributed by atoms with van der Waals surface area (Å²) in [7, 11) is 3.15. The van der Waals surface area contributed by atoms with Gasteiger partial charge < -0.3 is 20.5 Å². The van der Waals surface area contributed by atoms with Crippen LogP contribution in [0.2, 0.25) is 5.02 Å². The summed E-state index contributed by atoms with van der Waals surface area (Å²) in [6.07, 6.45) is 0.0962. The topological polar surface area (TPSA) is 104 Å². The molecule has 150 valence electrons. The first-order valence-electron chi connectivity index (χ1n) is 8.47. The summed E-state index contributed by atoms with van der Waals surface area (Å²) >= 11 is 7.43. The molecular formula is C20H18ClN3O4S. The first-order chi connectivity index (χ1) is 13.9. The summed E-state index contributed by atoms with van der Waals surface area (Å²) in [4.78, 5) is 28.1. The number of halogens is 1. The van der Waals surface area contributed by atoms with E-state index in [0.717, 1.165) is 10.6 Å². The molecule has 0 aliphatic heterocycles. The standard InChI is InChI=1S/C20H18ClN3O4S/c1-27-16-6-3-11(7-17(16)28-2)20-24-13(10-29-20)9-18(25)23-12-4-5-14(19(22)26)15(21)8-12/h3-8,10H,9H2,1-2H3,(H2,22,26)(H,23,25). The highest BCUT2D eigenvalue weighted by Crippen LogP contribution is 2.33. The third-order valence-electron chi connectivity index (χ3n) is 4.04. The number of ether oxygens (including phenoxy) is 2. The Morgan fingerprint density at radius 2 is 1.90 bits per heavy atom. The average Bonchev–Trinajstić information content (AvgIpc) is 3.15. The zero-order valence-electron chi connectivity index (χ0n) is 15.7. The number of carbonyl (C=O) groups excluding carboxylic acids is 2. The molecule has 0 aliphatic rings. The van der Waals surface area contributed by atoms with Gasteiger partial charge in [0.25, 0.3) is 0 Å². The lowest BCUT2D eigenvalue weighted by Gasteiger charge is -2.08. The van der Waals surface area contributed by atoms with Crippen LogP contribution in [0.5, 0.6) is 11.5 Å². The molecule has 9 heteroatoms. The van der Waals surface area contributed by atoms with Crippen LogP contribution >= 0.6 is 22.9 Å². The molecule has 2 aromatic carbocycles. The molecule has 0 radical (unpaired) electrons. The maximum Gasteiger partial charge on any atom is 0.250 e. The van der Waals surface area contributed by atoms with Gasteiger partial charge in [-0.25, -0.2) is 4.98 Å². The molecule has 0 bridgehead atoms. The molecule has 29 heavy (non-hydrogen) atoms. The van der Waals surface area contributed by atoms with Crippen LogP contribution in [-0.2, 0) is 11.2 Å². The Morgan fingerprint density at radius 3 is 2.55 bits per heavy atom. The summed E-state index contributed by atoms with van der Waals surface area (Å²) in [5.41, 5.74) is 7.40. The third-order valence-corrected chi connectivity index (χ3v) is 5.30. The number of rotatable bonds is 7. The maximum atomic E-state index is 12.3. The number of primary amides is 1. The number of methoxy groups -OCH3 is 2. The zero-order valence-corrected chi connectivity index (χ0v) is 17.3. The minimum Gasteiger partial charge on any atom is -0.493 e. The maximum absolute atomic E-state index is 12.3. The lowest BCUT2D eigenvalue weighted by atomic mass is 10.2. The van der Waals surface area contributed by atoms with E-state index in [1.165, 1.54) is 23.5 Å². The van der Waals surface area contributed by atoms with E-state index < -0.39 is 5.91 Å². The molecule has 1 aromatic heterocycles. The number of amides is 2. The SMILES string of the molecule is COc1ccc(-c2nc(CC(=O)Nc3ccc(C(N)=O)c(Cl)c3)cs2)cc1OC. The summed E-state index contributed by atoms with van der Waals surface area (Å²) < 4.78 is 10.6. The van der Waals surface area contributed by atoms with Gasteiger partial charge in [-0.2, -0.15) is 0 Å². The second-order valence-electron chi connectivity index (χ2n) is 6.00. The van der Waals surface area contributed by atoms with Crippen LogP contribution in [0.3, 0.4) is 0 Å².